The Bertz CT molecular complexity index is 724. The molecule has 276 valence electrons. The minimum absolute atomic E-state index is 0.0564. The van der Waals surface area contributed by atoms with E-state index in [0.717, 1.165) is 6.08 Å². The van der Waals surface area contributed by atoms with Gasteiger partial charge in [-0.15, -0.1) is 0 Å². The Hall–Kier alpha value is -2.25. The number of unbranched alkanes of at least 4 members (excludes halogenated alkanes) is 1. The molecule has 0 unspecified atom stereocenters. The summed E-state index contributed by atoms with van der Waals surface area (Å²) < 4.78 is 63.7. The van der Waals surface area contributed by atoms with Gasteiger partial charge >= 0.3 is 17.9 Å². The van der Waals surface area contributed by atoms with Gasteiger partial charge in [-0.1, -0.05) is 6.58 Å². The molecule has 0 heterocycles. The molecule has 0 aromatic carbocycles. The van der Waals surface area contributed by atoms with Crippen molar-refractivity contribution in [3.05, 3.63) is 12.7 Å². The number of esters is 2. The van der Waals surface area contributed by atoms with Crippen LogP contribution in [-0.4, -0.2) is 168 Å². The van der Waals surface area contributed by atoms with E-state index in [4.69, 9.17) is 61.9 Å². The molecule has 0 aliphatic carbocycles. The topological polar surface area (TPSA) is 182 Å². The largest absolute Gasteiger partial charge is 0.481 e. The van der Waals surface area contributed by atoms with Crippen LogP contribution in [0.3, 0.4) is 0 Å². The van der Waals surface area contributed by atoms with E-state index in [2.05, 4.69) is 6.58 Å². The van der Waals surface area contributed by atoms with Gasteiger partial charge in [0.05, 0.1) is 132 Å². The molecular weight excluding hydrogens is 628 g/mol. The van der Waals surface area contributed by atoms with Crippen molar-refractivity contribution in [2.75, 3.05) is 145 Å². The van der Waals surface area contributed by atoms with Crippen molar-refractivity contribution in [1.82, 2.24) is 0 Å². The summed E-state index contributed by atoms with van der Waals surface area (Å²) in [6.07, 6.45) is 2.33. The maximum atomic E-state index is 11.5. The molecule has 16 heteroatoms. The average molecular weight is 685 g/mol. The molecule has 0 bridgehead atoms. The Morgan fingerprint density at radius 3 is 0.936 bits per heavy atom. The molecule has 0 radical (unpaired) electrons. The van der Waals surface area contributed by atoms with Gasteiger partial charge in [-0.05, 0) is 12.8 Å². The predicted octanol–water partition coefficient (Wildman–Crippen LogP) is 1.07. The van der Waals surface area contributed by atoms with Crippen LogP contribution >= 0.6 is 0 Å². The standard InChI is InChI=1S/C31H56O16/c1-2-30(34)46-27-25-44-23-21-42-19-17-40-15-13-38-11-9-36-7-8-37-10-12-39-14-16-41-18-20-43-22-24-45-26-28-47-31(35)6-4-3-5-29(32)33/h2H,1,3-28H2,(H,32,33). The minimum Gasteiger partial charge on any atom is -0.481 e. The van der Waals surface area contributed by atoms with E-state index in [1.54, 1.807) is 0 Å². The highest BCUT2D eigenvalue weighted by molar-refractivity contribution is 5.81. The smallest absolute Gasteiger partial charge is 0.330 e. The molecule has 0 spiro atoms. The van der Waals surface area contributed by atoms with Crippen molar-refractivity contribution in [3.63, 3.8) is 0 Å². The zero-order chi connectivity index (χ0) is 34.3. The van der Waals surface area contributed by atoms with E-state index < -0.39 is 11.9 Å². The van der Waals surface area contributed by atoms with E-state index in [-0.39, 0.29) is 38.6 Å². The maximum Gasteiger partial charge on any atom is 0.330 e. The molecule has 0 aromatic heterocycles. The van der Waals surface area contributed by atoms with Crippen molar-refractivity contribution in [2.45, 2.75) is 25.7 Å². The number of hydrogen-bond donors (Lipinski definition) is 1. The highest BCUT2D eigenvalue weighted by Gasteiger charge is 2.04. The molecule has 0 rings (SSSR count). The molecule has 16 nitrogen and oxygen atoms in total. The first-order valence-corrected chi connectivity index (χ1v) is 16.0. The summed E-state index contributed by atoms with van der Waals surface area (Å²) in [4.78, 5) is 32.7. The van der Waals surface area contributed by atoms with Crippen molar-refractivity contribution in [1.29, 1.82) is 0 Å². The van der Waals surface area contributed by atoms with E-state index in [1.165, 1.54) is 0 Å². The molecule has 0 saturated carbocycles. The molecule has 0 atom stereocenters. The first-order valence-electron chi connectivity index (χ1n) is 16.0. The van der Waals surface area contributed by atoms with Crippen LogP contribution in [0.2, 0.25) is 0 Å². The molecule has 0 aromatic rings. The molecule has 0 fully saturated rings. The Balaban J connectivity index is 3.11. The van der Waals surface area contributed by atoms with Crippen LogP contribution in [0.1, 0.15) is 25.7 Å². The number of ether oxygens (including phenoxy) is 12. The SMILES string of the molecule is C=CC(=O)OCCOCCOCCOCCOCCOCCOCCOCCOCCOCCOCCOC(=O)CCCCC(=O)O. The molecule has 0 aliphatic rings. The van der Waals surface area contributed by atoms with Crippen molar-refractivity contribution in [3.8, 4) is 0 Å². The summed E-state index contributed by atoms with van der Waals surface area (Å²) in [5, 5.41) is 8.54. The zero-order valence-corrected chi connectivity index (χ0v) is 27.7. The first kappa shape index (κ1) is 44.8. The van der Waals surface area contributed by atoms with Gasteiger partial charge in [-0.25, -0.2) is 4.79 Å². The fourth-order valence-electron chi connectivity index (χ4n) is 3.17. The lowest BCUT2D eigenvalue weighted by Gasteiger charge is -2.09. The van der Waals surface area contributed by atoms with Crippen LogP contribution in [0.4, 0.5) is 0 Å². The number of carbonyl (C=O) groups is 3. The quantitative estimate of drug-likeness (QED) is 0.0551. The molecule has 0 saturated heterocycles. The van der Waals surface area contributed by atoms with Gasteiger partial charge in [0.1, 0.15) is 13.2 Å². The van der Waals surface area contributed by atoms with Gasteiger partial charge < -0.3 is 61.9 Å². The molecule has 0 amide bonds. The minimum atomic E-state index is -0.866. The lowest BCUT2D eigenvalue weighted by atomic mass is 10.2. The van der Waals surface area contributed by atoms with Gasteiger partial charge in [0.15, 0.2) is 0 Å². The van der Waals surface area contributed by atoms with Crippen molar-refractivity contribution >= 4 is 17.9 Å². The van der Waals surface area contributed by atoms with E-state index in [1.807, 2.05) is 0 Å². The third-order valence-electron chi connectivity index (χ3n) is 5.50. The second-order valence-electron chi connectivity index (χ2n) is 9.32. The summed E-state index contributed by atoms with van der Waals surface area (Å²) in [5.41, 5.74) is 0. The molecule has 0 aliphatic heterocycles. The van der Waals surface area contributed by atoms with Crippen molar-refractivity contribution < 1.29 is 76.3 Å². The summed E-state index contributed by atoms with van der Waals surface area (Å²) in [7, 11) is 0. The van der Waals surface area contributed by atoms with Crippen molar-refractivity contribution in [2.24, 2.45) is 0 Å². The molecule has 47 heavy (non-hydrogen) atoms. The fraction of sp³-hybridized carbons (Fsp3) is 0.839. The second-order valence-corrected chi connectivity index (χ2v) is 9.32. The van der Waals surface area contributed by atoms with Crippen LogP contribution in [0.15, 0.2) is 12.7 Å². The number of rotatable bonds is 39. The third kappa shape index (κ3) is 39.8. The summed E-state index contributed by atoms with van der Waals surface area (Å²) in [5.74, 6) is -1.68. The summed E-state index contributed by atoms with van der Waals surface area (Å²) >= 11 is 0. The number of hydrogen-bond acceptors (Lipinski definition) is 15. The van der Waals surface area contributed by atoms with Gasteiger partial charge in [0.2, 0.25) is 0 Å². The first-order chi connectivity index (χ1) is 23.1. The highest BCUT2D eigenvalue weighted by Crippen LogP contribution is 2.01. The summed E-state index contributed by atoms with van der Waals surface area (Å²) in [6.45, 7) is 12.4. The predicted molar refractivity (Wildman–Crippen MR) is 166 cm³/mol. The number of carboxylic acids is 1. The number of carboxylic acid groups (broad SMARTS) is 1. The van der Waals surface area contributed by atoms with Gasteiger partial charge in [-0.3, -0.25) is 9.59 Å². The van der Waals surface area contributed by atoms with Gasteiger partial charge in [-0.2, -0.15) is 0 Å². The van der Waals surface area contributed by atoms with E-state index in [0.29, 0.717) is 138 Å². The van der Waals surface area contributed by atoms with Crippen LogP contribution in [-0.2, 0) is 71.2 Å². The maximum absolute atomic E-state index is 11.5. The second kappa shape index (κ2) is 38.2. The van der Waals surface area contributed by atoms with Crippen LogP contribution in [0, 0.1) is 0 Å². The van der Waals surface area contributed by atoms with Gasteiger partial charge in [0.25, 0.3) is 0 Å². The average Bonchev–Trinajstić information content (AvgIpc) is 3.06. The monoisotopic (exact) mass is 684 g/mol. The lowest BCUT2D eigenvalue weighted by Crippen LogP contribution is -2.15. The third-order valence-corrected chi connectivity index (χ3v) is 5.50. The van der Waals surface area contributed by atoms with E-state index in [9.17, 15) is 14.4 Å². The Morgan fingerprint density at radius 2 is 0.660 bits per heavy atom. The Kier molecular flexibility index (Phi) is 36.4. The Morgan fingerprint density at radius 1 is 0.404 bits per heavy atom. The number of carbonyl (C=O) groups excluding carboxylic acids is 2. The lowest BCUT2D eigenvalue weighted by molar-refractivity contribution is -0.146. The summed E-state index contributed by atoms with van der Waals surface area (Å²) in [6, 6.07) is 0. The molecule has 1 N–H and O–H groups in total. The van der Waals surface area contributed by atoms with Gasteiger partial charge in [0, 0.05) is 18.9 Å². The van der Waals surface area contributed by atoms with Crippen LogP contribution in [0.5, 0.6) is 0 Å². The molecular formula is C31H56O16. The number of aliphatic carboxylic acids is 1. The highest BCUT2D eigenvalue weighted by atomic mass is 16.6. The normalized spacial score (nSPS) is 11.1. The fourth-order valence-corrected chi connectivity index (χ4v) is 3.17. The van der Waals surface area contributed by atoms with Crippen LogP contribution < -0.4 is 0 Å². The van der Waals surface area contributed by atoms with E-state index >= 15 is 0 Å². The Labute approximate surface area is 278 Å². The zero-order valence-electron chi connectivity index (χ0n) is 27.7. The van der Waals surface area contributed by atoms with Crippen LogP contribution in [0.25, 0.3) is 0 Å².